The number of hydrogen-bond acceptors (Lipinski definition) is 4. The second-order valence-electron chi connectivity index (χ2n) is 5.24. The van der Waals surface area contributed by atoms with Gasteiger partial charge in [-0.2, -0.15) is 5.26 Å². The number of aromatic amines is 1. The number of allylic oxidation sites excluding steroid dienone is 1. The van der Waals surface area contributed by atoms with E-state index < -0.39 is 10.7 Å². The monoisotopic (exact) mass is 351 g/mol. The van der Waals surface area contributed by atoms with Gasteiger partial charge in [-0.3, -0.25) is 14.9 Å². The second-order valence-corrected chi connectivity index (χ2v) is 5.68. The molecule has 0 fully saturated rings. The number of benzene rings is 2. The van der Waals surface area contributed by atoms with Crippen molar-refractivity contribution in [2.45, 2.75) is 0 Å². The van der Waals surface area contributed by atoms with Gasteiger partial charge in [0.05, 0.1) is 4.92 Å². The van der Waals surface area contributed by atoms with Crippen molar-refractivity contribution in [3.63, 3.8) is 0 Å². The molecule has 0 atom stereocenters. The lowest BCUT2D eigenvalue weighted by Gasteiger charge is -1.99. The highest BCUT2D eigenvalue weighted by Gasteiger charge is 2.17. The highest BCUT2D eigenvalue weighted by atomic mass is 35.5. The number of nitrogens with one attached hydrogen (secondary N) is 1. The molecule has 6 nitrogen and oxygen atoms in total. The van der Waals surface area contributed by atoms with Crippen molar-refractivity contribution in [1.82, 2.24) is 4.98 Å². The predicted molar refractivity (Wildman–Crippen MR) is 94.3 cm³/mol. The van der Waals surface area contributed by atoms with Crippen LogP contribution < -0.4 is 0 Å². The number of fused-ring (bicyclic) bond motifs is 1. The van der Waals surface area contributed by atoms with Gasteiger partial charge in [0.15, 0.2) is 0 Å². The summed E-state index contributed by atoms with van der Waals surface area (Å²) in [6.07, 6.45) is 2.85. The molecule has 0 aliphatic heterocycles. The van der Waals surface area contributed by atoms with Crippen molar-refractivity contribution in [2.75, 3.05) is 0 Å². The van der Waals surface area contributed by atoms with Crippen LogP contribution in [-0.2, 0) is 0 Å². The number of nitriles is 1. The van der Waals surface area contributed by atoms with Crippen LogP contribution in [-0.4, -0.2) is 15.7 Å². The summed E-state index contributed by atoms with van der Waals surface area (Å²) in [5.41, 5.74) is 1.20. The number of rotatable bonds is 4. The summed E-state index contributed by atoms with van der Waals surface area (Å²) in [4.78, 5) is 25.9. The summed E-state index contributed by atoms with van der Waals surface area (Å²) in [7, 11) is 0. The molecule has 0 radical (unpaired) electrons. The van der Waals surface area contributed by atoms with Crippen LogP contribution in [0.15, 0.2) is 54.2 Å². The van der Waals surface area contributed by atoms with Gasteiger partial charge in [-0.25, -0.2) is 0 Å². The quantitative estimate of drug-likeness (QED) is 0.245. The lowest BCUT2D eigenvalue weighted by atomic mass is 10.0. The number of nitrogens with zero attached hydrogens (tertiary/aromatic N) is 2. The van der Waals surface area contributed by atoms with E-state index in [-0.39, 0.29) is 11.3 Å². The molecule has 0 saturated heterocycles. The summed E-state index contributed by atoms with van der Waals surface area (Å²) in [6.45, 7) is 0. The fourth-order valence-corrected chi connectivity index (χ4v) is 2.65. The highest BCUT2D eigenvalue weighted by molar-refractivity contribution is 6.31. The molecule has 0 aliphatic carbocycles. The molecule has 1 N–H and O–H groups in total. The topological polar surface area (TPSA) is 99.8 Å². The number of halogens is 1. The van der Waals surface area contributed by atoms with Gasteiger partial charge in [0.2, 0.25) is 5.78 Å². The van der Waals surface area contributed by atoms with Crippen molar-refractivity contribution in [3.8, 4) is 6.07 Å². The third kappa shape index (κ3) is 3.27. The summed E-state index contributed by atoms with van der Waals surface area (Å²) in [5.74, 6) is -0.470. The van der Waals surface area contributed by atoms with E-state index in [1.807, 2.05) is 6.07 Å². The van der Waals surface area contributed by atoms with E-state index in [0.29, 0.717) is 27.1 Å². The average Bonchev–Trinajstić information content (AvgIpc) is 3.02. The minimum atomic E-state index is -0.533. The standard InChI is InChI=1S/C18H10ClN3O3/c19-13-4-5-15-16(10-21-17(15)8-13)18(23)12(9-20)6-11-2-1-3-14(7-11)22(24)25/h1-8,10,21H/b12-6+. The minimum absolute atomic E-state index is 0.111. The number of non-ortho nitro benzene ring substituents is 1. The number of aromatic nitrogens is 1. The van der Waals surface area contributed by atoms with Crippen LogP contribution in [0, 0.1) is 21.4 Å². The highest BCUT2D eigenvalue weighted by Crippen LogP contribution is 2.25. The van der Waals surface area contributed by atoms with Crippen molar-refractivity contribution in [2.24, 2.45) is 0 Å². The maximum atomic E-state index is 12.7. The van der Waals surface area contributed by atoms with E-state index in [4.69, 9.17) is 11.6 Å². The van der Waals surface area contributed by atoms with Crippen LogP contribution in [0.3, 0.4) is 0 Å². The van der Waals surface area contributed by atoms with Crippen molar-refractivity contribution < 1.29 is 9.72 Å². The van der Waals surface area contributed by atoms with Gasteiger partial charge in [0, 0.05) is 39.8 Å². The normalized spacial score (nSPS) is 11.3. The Balaban J connectivity index is 2.03. The molecule has 0 spiro atoms. The Morgan fingerprint density at radius 3 is 2.80 bits per heavy atom. The maximum absolute atomic E-state index is 12.7. The Bertz CT molecular complexity index is 1080. The molecule has 0 saturated carbocycles. The SMILES string of the molecule is N#C/C(=C\c1cccc([N+](=O)[O-])c1)C(=O)c1c[nH]c2cc(Cl)ccc12. The third-order valence-electron chi connectivity index (χ3n) is 3.65. The largest absolute Gasteiger partial charge is 0.360 e. The molecule has 0 amide bonds. The molecule has 7 heteroatoms. The molecule has 25 heavy (non-hydrogen) atoms. The molecule has 1 aromatic heterocycles. The molecule has 0 bridgehead atoms. The fourth-order valence-electron chi connectivity index (χ4n) is 2.47. The van der Waals surface area contributed by atoms with Crippen LogP contribution in [0.1, 0.15) is 15.9 Å². The summed E-state index contributed by atoms with van der Waals surface area (Å²) < 4.78 is 0. The van der Waals surface area contributed by atoms with Gasteiger partial charge in [0.25, 0.3) is 5.69 Å². The molecule has 2 aromatic carbocycles. The van der Waals surface area contributed by atoms with E-state index >= 15 is 0 Å². The summed E-state index contributed by atoms with van der Waals surface area (Å²) in [6, 6.07) is 12.6. The molecular weight excluding hydrogens is 342 g/mol. The second kappa shape index (κ2) is 6.59. The van der Waals surface area contributed by atoms with Gasteiger partial charge < -0.3 is 4.98 Å². The lowest BCUT2D eigenvalue weighted by molar-refractivity contribution is -0.384. The molecule has 0 aliphatic rings. The molecule has 0 unspecified atom stereocenters. The first-order chi connectivity index (χ1) is 12.0. The van der Waals surface area contributed by atoms with Gasteiger partial charge in [0.1, 0.15) is 11.6 Å². The van der Waals surface area contributed by atoms with Crippen LogP contribution >= 0.6 is 11.6 Å². The number of ketones is 1. The number of nitro groups is 1. The smallest absolute Gasteiger partial charge is 0.270 e. The maximum Gasteiger partial charge on any atom is 0.270 e. The van der Waals surface area contributed by atoms with Crippen LogP contribution in [0.4, 0.5) is 5.69 Å². The Labute approximate surface area is 147 Å². The number of carbonyl (C=O) groups excluding carboxylic acids is 1. The van der Waals surface area contributed by atoms with Crippen molar-refractivity contribution in [1.29, 1.82) is 5.26 Å². The van der Waals surface area contributed by atoms with Crippen LogP contribution in [0.5, 0.6) is 0 Å². The number of Topliss-reactive ketones (excluding diaryl/α,β-unsaturated/α-hetero) is 1. The first-order valence-electron chi connectivity index (χ1n) is 7.17. The number of H-pyrrole nitrogens is 1. The number of hydrogen-bond donors (Lipinski definition) is 1. The Morgan fingerprint density at radius 2 is 2.08 bits per heavy atom. The lowest BCUT2D eigenvalue weighted by Crippen LogP contribution is -2.01. The molecule has 1 heterocycles. The van der Waals surface area contributed by atoms with E-state index in [1.54, 1.807) is 24.3 Å². The van der Waals surface area contributed by atoms with E-state index in [2.05, 4.69) is 4.98 Å². The Morgan fingerprint density at radius 1 is 1.28 bits per heavy atom. The molecular formula is C18H10ClN3O3. The van der Waals surface area contributed by atoms with Crippen molar-refractivity contribution in [3.05, 3.63) is 80.5 Å². The zero-order valence-corrected chi connectivity index (χ0v) is 13.4. The zero-order chi connectivity index (χ0) is 18.0. The zero-order valence-electron chi connectivity index (χ0n) is 12.7. The first-order valence-corrected chi connectivity index (χ1v) is 7.55. The van der Waals surface area contributed by atoms with Crippen LogP contribution in [0.2, 0.25) is 5.02 Å². The fraction of sp³-hybridized carbons (Fsp3) is 0. The van der Waals surface area contributed by atoms with Gasteiger partial charge >= 0.3 is 0 Å². The van der Waals surface area contributed by atoms with Gasteiger partial charge in [-0.1, -0.05) is 29.8 Å². The number of carbonyl (C=O) groups is 1. The molecule has 3 aromatic rings. The molecule has 3 rings (SSSR count). The Hall–Kier alpha value is -3.43. The van der Waals surface area contributed by atoms with E-state index in [0.717, 1.165) is 0 Å². The van der Waals surface area contributed by atoms with Gasteiger partial charge in [-0.05, 0) is 23.8 Å². The minimum Gasteiger partial charge on any atom is -0.360 e. The van der Waals surface area contributed by atoms with E-state index in [9.17, 15) is 20.2 Å². The van der Waals surface area contributed by atoms with Crippen molar-refractivity contribution >= 4 is 40.1 Å². The van der Waals surface area contributed by atoms with Crippen LogP contribution in [0.25, 0.3) is 17.0 Å². The summed E-state index contributed by atoms with van der Waals surface area (Å²) >= 11 is 5.92. The summed E-state index contributed by atoms with van der Waals surface area (Å²) in [5, 5.41) is 21.4. The molecule has 122 valence electrons. The van der Waals surface area contributed by atoms with Gasteiger partial charge in [-0.15, -0.1) is 0 Å². The predicted octanol–water partition coefficient (Wildman–Crippen LogP) is 4.52. The third-order valence-corrected chi connectivity index (χ3v) is 3.88. The average molecular weight is 352 g/mol. The number of nitro benzene ring substituents is 1. The van der Waals surface area contributed by atoms with E-state index in [1.165, 1.54) is 30.5 Å². The first kappa shape index (κ1) is 16.4. The Kier molecular flexibility index (Phi) is 4.33.